The normalized spacial score (nSPS) is 23.7. The Kier molecular flexibility index (Phi) is 5.21. The van der Waals surface area contributed by atoms with Crippen LogP contribution in [0.1, 0.15) is 35.8 Å². The standard InChI is InChI=1S/C22H24F2N2O2S/c1-2-12-26-13-11-18(15-26)16-3-7-19(8-4-16)25-29(27,28)20-9-5-17(6-10-20)21-14-22(21,23)24/h2-10,18,21,25H,1,11-15H2. The van der Waals surface area contributed by atoms with Gasteiger partial charge in [-0.25, -0.2) is 17.2 Å². The number of alkyl halides is 2. The molecule has 29 heavy (non-hydrogen) atoms. The fourth-order valence-electron chi connectivity index (χ4n) is 3.94. The Balaban J connectivity index is 1.41. The third-order valence-electron chi connectivity index (χ3n) is 5.71. The van der Waals surface area contributed by atoms with E-state index in [1.54, 1.807) is 12.1 Å². The van der Waals surface area contributed by atoms with E-state index < -0.39 is 21.9 Å². The zero-order chi connectivity index (χ0) is 20.6. The molecule has 1 N–H and O–H groups in total. The lowest BCUT2D eigenvalue weighted by molar-refractivity contribution is 0.112. The van der Waals surface area contributed by atoms with Crippen molar-refractivity contribution in [3.63, 3.8) is 0 Å². The molecule has 2 aromatic rings. The van der Waals surface area contributed by atoms with E-state index in [0.717, 1.165) is 26.1 Å². The predicted molar refractivity (Wildman–Crippen MR) is 110 cm³/mol. The second-order valence-electron chi connectivity index (χ2n) is 7.85. The number of halogens is 2. The maximum atomic E-state index is 13.2. The molecule has 0 spiro atoms. The van der Waals surface area contributed by atoms with Gasteiger partial charge in [0.25, 0.3) is 15.9 Å². The molecule has 1 aliphatic carbocycles. The third kappa shape index (κ3) is 4.36. The summed E-state index contributed by atoms with van der Waals surface area (Å²) in [6.07, 6.45) is 2.81. The van der Waals surface area contributed by atoms with Crippen LogP contribution in [0, 0.1) is 0 Å². The number of rotatable bonds is 7. The quantitative estimate of drug-likeness (QED) is 0.670. The molecule has 0 radical (unpaired) electrons. The van der Waals surface area contributed by atoms with E-state index in [1.807, 2.05) is 18.2 Å². The van der Waals surface area contributed by atoms with Crippen LogP contribution in [0.25, 0.3) is 0 Å². The number of anilines is 1. The van der Waals surface area contributed by atoms with E-state index in [1.165, 1.54) is 29.8 Å². The summed E-state index contributed by atoms with van der Waals surface area (Å²) in [4.78, 5) is 2.40. The fourth-order valence-corrected chi connectivity index (χ4v) is 5.00. The van der Waals surface area contributed by atoms with Gasteiger partial charge in [-0.1, -0.05) is 30.3 Å². The van der Waals surface area contributed by atoms with Gasteiger partial charge < -0.3 is 0 Å². The summed E-state index contributed by atoms with van der Waals surface area (Å²) in [7, 11) is -3.77. The fraction of sp³-hybridized carbons (Fsp3) is 0.364. The number of hydrogen-bond acceptors (Lipinski definition) is 3. The molecule has 2 fully saturated rings. The van der Waals surface area contributed by atoms with Crippen LogP contribution in [-0.4, -0.2) is 38.9 Å². The lowest BCUT2D eigenvalue weighted by Gasteiger charge is -2.14. The molecule has 0 bridgehead atoms. The second-order valence-corrected chi connectivity index (χ2v) is 9.53. The van der Waals surface area contributed by atoms with Crippen LogP contribution >= 0.6 is 0 Å². The van der Waals surface area contributed by atoms with Gasteiger partial charge in [0, 0.05) is 25.2 Å². The molecule has 4 rings (SSSR count). The van der Waals surface area contributed by atoms with Gasteiger partial charge in [0.15, 0.2) is 0 Å². The van der Waals surface area contributed by atoms with E-state index in [4.69, 9.17) is 0 Å². The first-order valence-electron chi connectivity index (χ1n) is 9.72. The van der Waals surface area contributed by atoms with Crippen LogP contribution in [0.15, 0.2) is 66.1 Å². The van der Waals surface area contributed by atoms with Crippen molar-refractivity contribution >= 4 is 15.7 Å². The summed E-state index contributed by atoms with van der Waals surface area (Å²) in [5.41, 5.74) is 2.14. The average Bonchev–Trinajstić information content (AvgIpc) is 3.10. The first-order chi connectivity index (χ1) is 13.8. The van der Waals surface area contributed by atoms with Gasteiger partial charge in [-0.2, -0.15) is 0 Å². The number of likely N-dealkylation sites (tertiary alicyclic amines) is 1. The Labute approximate surface area is 170 Å². The van der Waals surface area contributed by atoms with E-state index in [9.17, 15) is 17.2 Å². The molecule has 1 heterocycles. The van der Waals surface area contributed by atoms with Crippen LogP contribution in [0.3, 0.4) is 0 Å². The molecule has 2 atom stereocenters. The topological polar surface area (TPSA) is 49.4 Å². The van der Waals surface area contributed by atoms with Gasteiger partial charge >= 0.3 is 0 Å². The van der Waals surface area contributed by atoms with E-state index >= 15 is 0 Å². The molecule has 2 unspecified atom stereocenters. The van der Waals surface area contributed by atoms with Crippen molar-refractivity contribution in [2.75, 3.05) is 24.4 Å². The van der Waals surface area contributed by atoms with Crippen molar-refractivity contribution in [2.45, 2.75) is 35.5 Å². The minimum Gasteiger partial charge on any atom is -0.299 e. The van der Waals surface area contributed by atoms with E-state index in [2.05, 4.69) is 16.2 Å². The summed E-state index contributed by atoms with van der Waals surface area (Å²) in [6, 6.07) is 13.2. The third-order valence-corrected chi connectivity index (χ3v) is 7.11. The molecule has 2 aliphatic rings. The lowest BCUT2D eigenvalue weighted by atomic mass is 9.98. The van der Waals surface area contributed by atoms with Crippen molar-refractivity contribution in [1.82, 2.24) is 4.90 Å². The first kappa shape index (κ1) is 20.0. The largest absolute Gasteiger partial charge is 0.299 e. The monoisotopic (exact) mass is 418 g/mol. The Morgan fingerprint density at radius 2 is 1.72 bits per heavy atom. The van der Waals surface area contributed by atoms with E-state index in [-0.39, 0.29) is 11.3 Å². The first-order valence-corrected chi connectivity index (χ1v) is 11.2. The number of benzene rings is 2. The number of nitrogens with zero attached hydrogens (tertiary/aromatic N) is 1. The van der Waals surface area contributed by atoms with Crippen molar-refractivity contribution in [1.29, 1.82) is 0 Å². The maximum absolute atomic E-state index is 13.2. The highest BCUT2D eigenvalue weighted by Gasteiger charge is 2.57. The predicted octanol–water partition coefficient (Wildman–Crippen LogP) is 4.59. The number of sulfonamides is 1. The highest BCUT2D eigenvalue weighted by Crippen LogP contribution is 2.55. The van der Waals surface area contributed by atoms with Crippen LogP contribution in [0.2, 0.25) is 0 Å². The highest BCUT2D eigenvalue weighted by molar-refractivity contribution is 7.92. The zero-order valence-electron chi connectivity index (χ0n) is 16.0. The van der Waals surface area contributed by atoms with Crippen LogP contribution < -0.4 is 4.72 Å². The van der Waals surface area contributed by atoms with Crippen molar-refractivity contribution in [2.24, 2.45) is 0 Å². The minimum absolute atomic E-state index is 0.0603. The van der Waals surface area contributed by atoms with Crippen molar-refractivity contribution < 1.29 is 17.2 Å². The molecule has 7 heteroatoms. The molecule has 0 aromatic heterocycles. The van der Waals surface area contributed by atoms with Gasteiger partial charge in [-0.3, -0.25) is 9.62 Å². The van der Waals surface area contributed by atoms with Gasteiger partial charge in [0.2, 0.25) is 0 Å². The van der Waals surface area contributed by atoms with Gasteiger partial charge in [0.1, 0.15) is 0 Å². The van der Waals surface area contributed by atoms with Gasteiger partial charge in [-0.15, -0.1) is 6.58 Å². The zero-order valence-corrected chi connectivity index (χ0v) is 16.8. The Bertz CT molecular complexity index is 988. The lowest BCUT2D eigenvalue weighted by Crippen LogP contribution is -2.19. The molecule has 4 nitrogen and oxygen atoms in total. The van der Waals surface area contributed by atoms with Crippen molar-refractivity contribution in [3.05, 3.63) is 72.3 Å². The summed E-state index contributed by atoms with van der Waals surface area (Å²) in [5, 5.41) is 0. The second kappa shape index (κ2) is 7.54. The number of nitrogens with one attached hydrogen (secondary N) is 1. The van der Waals surface area contributed by atoms with Crippen LogP contribution in [0.5, 0.6) is 0 Å². The van der Waals surface area contributed by atoms with Crippen LogP contribution in [0.4, 0.5) is 14.5 Å². The Morgan fingerprint density at radius 1 is 1.10 bits per heavy atom. The molecule has 2 aromatic carbocycles. The summed E-state index contributed by atoms with van der Waals surface area (Å²) < 4.78 is 54.1. The molecule has 1 saturated carbocycles. The molecular formula is C22H24F2N2O2S. The Hall–Kier alpha value is -2.25. The smallest absolute Gasteiger partial charge is 0.261 e. The highest BCUT2D eigenvalue weighted by atomic mass is 32.2. The average molecular weight is 419 g/mol. The SMILES string of the molecule is C=CCN1CCC(c2ccc(NS(=O)(=O)c3ccc(C4CC4(F)F)cc3)cc2)C1. The summed E-state index contributed by atoms with van der Waals surface area (Å²) in [5.74, 6) is -3.02. The number of hydrogen-bond donors (Lipinski definition) is 1. The maximum Gasteiger partial charge on any atom is 0.261 e. The van der Waals surface area contributed by atoms with E-state index in [0.29, 0.717) is 17.2 Å². The molecule has 0 amide bonds. The van der Waals surface area contributed by atoms with Gasteiger partial charge in [-0.05, 0) is 54.3 Å². The van der Waals surface area contributed by atoms with Gasteiger partial charge in [0.05, 0.1) is 10.8 Å². The summed E-state index contributed by atoms with van der Waals surface area (Å²) >= 11 is 0. The molecule has 1 aliphatic heterocycles. The molecule has 1 saturated heterocycles. The molecule has 154 valence electrons. The summed E-state index contributed by atoms with van der Waals surface area (Å²) in [6.45, 7) is 6.67. The van der Waals surface area contributed by atoms with Crippen LogP contribution in [-0.2, 0) is 10.0 Å². The van der Waals surface area contributed by atoms with Crippen molar-refractivity contribution in [3.8, 4) is 0 Å². The molecular weight excluding hydrogens is 394 g/mol. The Morgan fingerprint density at radius 3 is 2.31 bits per heavy atom. The minimum atomic E-state index is -3.77.